The summed E-state index contributed by atoms with van der Waals surface area (Å²) in [7, 11) is -4.38. The zero-order chi connectivity index (χ0) is 27.6. The van der Waals surface area contributed by atoms with E-state index in [0.717, 1.165) is 9.87 Å². The Bertz CT molecular complexity index is 1810. The number of rotatable bonds is 6. The lowest BCUT2D eigenvalue weighted by Crippen LogP contribution is -2.37. The van der Waals surface area contributed by atoms with E-state index < -0.39 is 21.9 Å². The van der Waals surface area contributed by atoms with Gasteiger partial charge in [-0.1, -0.05) is 36.4 Å². The van der Waals surface area contributed by atoms with E-state index in [1.54, 1.807) is 50.2 Å². The van der Waals surface area contributed by atoms with Crippen molar-refractivity contribution in [2.45, 2.75) is 18.7 Å². The third kappa shape index (κ3) is 4.99. The summed E-state index contributed by atoms with van der Waals surface area (Å²) in [6.45, 7) is 3.47. The van der Waals surface area contributed by atoms with Gasteiger partial charge in [-0.3, -0.25) is 14.8 Å². The van der Waals surface area contributed by atoms with Crippen LogP contribution >= 0.6 is 0 Å². The van der Waals surface area contributed by atoms with Gasteiger partial charge < -0.3 is 4.74 Å². The number of carbonyl (C=O) groups excluding carboxylic acids is 2. The van der Waals surface area contributed by atoms with E-state index in [4.69, 9.17) is 4.74 Å². The third-order valence-corrected chi connectivity index (χ3v) is 8.01. The van der Waals surface area contributed by atoms with Gasteiger partial charge in [-0.15, -0.1) is 0 Å². The van der Waals surface area contributed by atoms with Crippen molar-refractivity contribution < 1.29 is 22.7 Å². The van der Waals surface area contributed by atoms with E-state index in [-0.39, 0.29) is 21.9 Å². The van der Waals surface area contributed by atoms with Gasteiger partial charge >= 0.3 is 5.97 Å². The zero-order valence-electron chi connectivity index (χ0n) is 21.1. The molecule has 3 aromatic carbocycles. The second-order valence-electron chi connectivity index (χ2n) is 8.83. The molecule has 0 unspecified atom stereocenters. The fourth-order valence-corrected chi connectivity index (χ4v) is 5.96. The standard InChI is InChI=1S/C30H23N3O5S/c1-20-7-8-21(2)28(19-20)39(36,37)33(29(34)22-11-15-31-16-12-22)26-9-10-27(25-6-4-3-5-24(25)26)38-30(35)23-13-17-32-18-14-23/h3-19H,1-2H3. The summed E-state index contributed by atoms with van der Waals surface area (Å²) in [5.41, 5.74) is 1.82. The Hall–Kier alpha value is -4.89. The normalized spacial score (nSPS) is 11.2. The molecule has 0 radical (unpaired) electrons. The Kier molecular flexibility index (Phi) is 6.91. The molecule has 0 saturated heterocycles. The van der Waals surface area contributed by atoms with E-state index in [1.807, 2.05) is 6.07 Å². The summed E-state index contributed by atoms with van der Waals surface area (Å²) in [5.74, 6) is -1.12. The Morgan fingerprint density at radius 2 is 1.36 bits per heavy atom. The average molecular weight is 538 g/mol. The number of esters is 1. The van der Waals surface area contributed by atoms with E-state index in [2.05, 4.69) is 9.97 Å². The van der Waals surface area contributed by atoms with Crippen molar-refractivity contribution in [1.82, 2.24) is 9.97 Å². The van der Waals surface area contributed by atoms with Gasteiger partial charge in [-0.05, 0) is 67.4 Å². The van der Waals surface area contributed by atoms with Crippen molar-refractivity contribution in [2.75, 3.05) is 4.31 Å². The van der Waals surface area contributed by atoms with Crippen LogP contribution in [0.25, 0.3) is 10.8 Å². The number of fused-ring (bicyclic) bond motifs is 1. The molecule has 0 aliphatic carbocycles. The highest BCUT2D eigenvalue weighted by Crippen LogP contribution is 2.38. The molecule has 0 fully saturated rings. The second-order valence-corrected chi connectivity index (χ2v) is 10.6. The summed E-state index contributed by atoms with van der Waals surface area (Å²) >= 11 is 0. The van der Waals surface area contributed by atoms with Gasteiger partial charge in [0, 0.05) is 41.1 Å². The average Bonchev–Trinajstić information content (AvgIpc) is 2.96. The SMILES string of the molecule is Cc1ccc(C)c(S(=O)(=O)N(C(=O)c2ccncc2)c2ccc(OC(=O)c3ccncc3)c3ccccc23)c1. The number of hydrogen-bond acceptors (Lipinski definition) is 7. The molecular weight excluding hydrogens is 514 g/mol. The van der Waals surface area contributed by atoms with Crippen LogP contribution in [0.4, 0.5) is 5.69 Å². The van der Waals surface area contributed by atoms with Gasteiger partial charge in [0.15, 0.2) is 0 Å². The van der Waals surface area contributed by atoms with Crippen LogP contribution in [-0.4, -0.2) is 30.3 Å². The highest BCUT2D eigenvalue weighted by atomic mass is 32.2. The van der Waals surface area contributed by atoms with Crippen molar-refractivity contribution in [3.05, 3.63) is 126 Å². The maximum atomic E-state index is 14.2. The van der Waals surface area contributed by atoms with Crippen LogP contribution in [0.1, 0.15) is 31.8 Å². The Morgan fingerprint density at radius 1 is 0.744 bits per heavy atom. The highest BCUT2D eigenvalue weighted by molar-refractivity contribution is 7.93. The first-order valence-corrected chi connectivity index (χ1v) is 13.4. The molecule has 5 rings (SSSR count). The van der Waals surface area contributed by atoms with Crippen LogP contribution < -0.4 is 9.04 Å². The predicted molar refractivity (Wildman–Crippen MR) is 147 cm³/mol. The van der Waals surface area contributed by atoms with Crippen molar-refractivity contribution in [1.29, 1.82) is 0 Å². The summed E-state index contributed by atoms with van der Waals surface area (Å²) in [6, 6.07) is 20.9. The van der Waals surface area contributed by atoms with Gasteiger partial charge in [-0.2, -0.15) is 4.31 Å². The molecule has 9 heteroatoms. The smallest absolute Gasteiger partial charge is 0.343 e. The molecule has 2 heterocycles. The van der Waals surface area contributed by atoms with Crippen molar-refractivity contribution >= 4 is 38.4 Å². The first kappa shape index (κ1) is 25.7. The quantitative estimate of drug-likeness (QED) is 0.208. The molecular formula is C30H23N3O5S. The molecule has 0 saturated carbocycles. The van der Waals surface area contributed by atoms with Crippen LogP contribution in [0.5, 0.6) is 5.75 Å². The Labute approximate surface area is 225 Å². The number of anilines is 1. The second kappa shape index (κ2) is 10.5. The Balaban J connectivity index is 1.70. The number of amides is 1. The van der Waals surface area contributed by atoms with Gasteiger partial charge in [-0.25, -0.2) is 13.2 Å². The minimum Gasteiger partial charge on any atom is -0.422 e. The molecule has 194 valence electrons. The number of nitrogens with zero attached hydrogens (tertiary/aromatic N) is 3. The van der Waals surface area contributed by atoms with Crippen LogP contribution in [0.3, 0.4) is 0 Å². The summed E-state index contributed by atoms with van der Waals surface area (Å²) in [5, 5.41) is 0.870. The summed E-state index contributed by atoms with van der Waals surface area (Å²) < 4.78 is 34.9. The number of pyridine rings is 2. The number of aromatic nitrogens is 2. The molecule has 5 aromatic rings. The van der Waals surface area contributed by atoms with Crippen LogP contribution in [0.2, 0.25) is 0 Å². The first-order chi connectivity index (χ1) is 18.8. The molecule has 0 aliphatic rings. The van der Waals surface area contributed by atoms with E-state index in [0.29, 0.717) is 21.9 Å². The van der Waals surface area contributed by atoms with Crippen LogP contribution in [0.15, 0.2) is 109 Å². The summed E-state index contributed by atoms with van der Waals surface area (Å²) in [6.07, 6.45) is 5.82. The molecule has 0 atom stereocenters. The van der Waals surface area contributed by atoms with E-state index >= 15 is 0 Å². The zero-order valence-corrected chi connectivity index (χ0v) is 21.9. The molecule has 0 N–H and O–H groups in total. The first-order valence-electron chi connectivity index (χ1n) is 12.0. The summed E-state index contributed by atoms with van der Waals surface area (Å²) in [4.78, 5) is 34.5. The number of hydrogen-bond donors (Lipinski definition) is 0. The molecule has 0 bridgehead atoms. The fourth-order valence-electron chi connectivity index (χ4n) is 4.21. The topological polar surface area (TPSA) is 107 Å². The fraction of sp³-hybridized carbons (Fsp3) is 0.0667. The monoisotopic (exact) mass is 537 g/mol. The number of benzene rings is 3. The number of aryl methyl sites for hydroxylation is 2. The lowest BCUT2D eigenvalue weighted by atomic mass is 10.1. The molecule has 0 spiro atoms. The van der Waals surface area contributed by atoms with Gasteiger partial charge in [0.2, 0.25) is 0 Å². The lowest BCUT2D eigenvalue weighted by Gasteiger charge is -2.25. The number of carbonyl (C=O) groups is 2. The van der Waals surface area contributed by atoms with Crippen molar-refractivity contribution in [3.63, 3.8) is 0 Å². The Morgan fingerprint density at radius 3 is 2.03 bits per heavy atom. The predicted octanol–water partition coefficient (Wildman–Crippen LogP) is 5.50. The van der Waals surface area contributed by atoms with Gasteiger partial charge in [0.05, 0.1) is 16.1 Å². The molecule has 2 aromatic heterocycles. The number of ether oxygens (including phenoxy) is 1. The maximum Gasteiger partial charge on any atom is 0.343 e. The molecule has 39 heavy (non-hydrogen) atoms. The largest absolute Gasteiger partial charge is 0.422 e. The van der Waals surface area contributed by atoms with Crippen molar-refractivity contribution in [3.8, 4) is 5.75 Å². The van der Waals surface area contributed by atoms with Gasteiger partial charge in [0.25, 0.3) is 15.9 Å². The van der Waals surface area contributed by atoms with Gasteiger partial charge in [0.1, 0.15) is 5.75 Å². The highest BCUT2D eigenvalue weighted by Gasteiger charge is 2.34. The van der Waals surface area contributed by atoms with Crippen LogP contribution in [-0.2, 0) is 10.0 Å². The minimum absolute atomic E-state index is 0.0159. The third-order valence-electron chi connectivity index (χ3n) is 6.17. The maximum absolute atomic E-state index is 14.2. The van der Waals surface area contributed by atoms with Crippen molar-refractivity contribution in [2.24, 2.45) is 0 Å². The van der Waals surface area contributed by atoms with E-state index in [1.165, 1.54) is 61.2 Å². The lowest BCUT2D eigenvalue weighted by molar-refractivity contribution is 0.0736. The molecule has 8 nitrogen and oxygen atoms in total. The number of sulfonamides is 1. The minimum atomic E-state index is -4.38. The van der Waals surface area contributed by atoms with E-state index in [9.17, 15) is 18.0 Å². The van der Waals surface area contributed by atoms with Crippen LogP contribution in [0, 0.1) is 13.8 Å². The molecule has 1 amide bonds. The molecule has 0 aliphatic heterocycles.